The Labute approximate surface area is 78.9 Å². The van der Waals surface area contributed by atoms with E-state index in [1.54, 1.807) is 0 Å². The largest absolute Gasteiger partial charge is 0.385 e. The molecule has 0 spiro atoms. The van der Waals surface area contributed by atoms with Gasteiger partial charge >= 0.3 is 0 Å². The SMILES string of the molecule is OC1(c2cc(F)c(Cl)cc2F)CC1. The fourth-order valence-corrected chi connectivity index (χ4v) is 1.42. The summed E-state index contributed by atoms with van der Waals surface area (Å²) in [5.41, 5.74) is -1.15. The third-order valence-electron chi connectivity index (χ3n) is 2.23. The van der Waals surface area contributed by atoms with Crippen LogP contribution < -0.4 is 0 Å². The van der Waals surface area contributed by atoms with Gasteiger partial charge in [0.05, 0.1) is 10.6 Å². The second kappa shape index (κ2) is 2.66. The van der Waals surface area contributed by atoms with Crippen LogP contribution in [0.1, 0.15) is 18.4 Å². The fraction of sp³-hybridized carbons (Fsp3) is 0.333. The Morgan fingerprint density at radius 3 is 2.38 bits per heavy atom. The zero-order valence-electron chi connectivity index (χ0n) is 6.65. The lowest BCUT2D eigenvalue weighted by Crippen LogP contribution is -2.07. The van der Waals surface area contributed by atoms with E-state index in [4.69, 9.17) is 11.6 Å². The molecule has 2 rings (SSSR count). The highest BCUT2D eigenvalue weighted by Gasteiger charge is 2.44. The lowest BCUT2D eigenvalue weighted by molar-refractivity contribution is 0.146. The van der Waals surface area contributed by atoms with Gasteiger partial charge in [0.2, 0.25) is 0 Å². The topological polar surface area (TPSA) is 20.2 Å². The molecule has 13 heavy (non-hydrogen) atoms. The van der Waals surface area contributed by atoms with Gasteiger partial charge in [0.1, 0.15) is 11.6 Å². The standard InChI is InChI=1S/C9H7ClF2O/c10-6-4-7(11)5(3-8(6)12)9(13)1-2-9/h3-4,13H,1-2H2. The first-order chi connectivity index (χ1) is 6.03. The Balaban J connectivity index is 2.52. The van der Waals surface area contributed by atoms with E-state index >= 15 is 0 Å². The van der Waals surface area contributed by atoms with Crippen LogP contribution >= 0.6 is 11.6 Å². The van der Waals surface area contributed by atoms with Crippen molar-refractivity contribution >= 4 is 11.6 Å². The lowest BCUT2D eigenvalue weighted by atomic mass is 10.1. The van der Waals surface area contributed by atoms with Crippen LogP contribution in [0.3, 0.4) is 0 Å². The van der Waals surface area contributed by atoms with E-state index in [0.717, 1.165) is 12.1 Å². The van der Waals surface area contributed by atoms with E-state index in [1.165, 1.54) is 0 Å². The summed E-state index contributed by atoms with van der Waals surface area (Å²) in [6.07, 6.45) is 0.954. The predicted molar refractivity (Wildman–Crippen MR) is 44.5 cm³/mol. The Morgan fingerprint density at radius 2 is 1.85 bits per heavy atom. The quantitative estimate of drug-likeness (QED) is 0.698. The Morgan fingerprint density at radius 1 is 1.23 bits per heavy atom. The molecule has 70 valence electrons. The van der Waals surface area contributed by atoms with E-state index in [2.05, 4.69) is 0 Å². The average Bonchev–Trinajstić information content (AvgIpc) is 2.77. The lowest BCUT2D eigenvalue weighted by Gasteiger charge is -2.09. The highest BCUT2D eigenvalue weighted by Crippen LogP contribution is 2.46. The van der Waals surface area contributed by atoms with Crippen LogP contribution in [0.5, 0.6) is 0 Å². The maximum Gasteiger partial charge on any atom is 0.142 e. The molecule has 4 heteroatoms. The molecule has 0 bridgehead atoms. The van der Waals surface area contributed by atoms with Gasteiger partial charge in [-0.05, 0) is 25.0 Å². The maximum atomic E-state index is 13.2. The molecule has 1 N–H and O–H groups in total. The summed E-state index contributed by atoms with van der Waals surface area (Å²) >= 11 is 5.36. The number of hydrogen-bond acceptors (Lipinski definition) is 1. The highest BCUT2D eigenvalue weighted by atomic mass is 35.5. The van der Waals surface area contributed by atoms with E-state index in [0.29, 0.717) is 12.8 Å². The van der Waals surface area contributed by atoms with Crippen molar-refractivity contribution in [2.24, 2.45) is 0 Å². The zero-order valence-corrected chi connectivity index (χ0v) is 7.41. The molecule has 0 aromatic heterocycles. The number of halogens is 3. The molecule has 0 saturated heterocycles. The van der Waals surface area contributed by atoms with Crippen molar-refractivity contribution < 1.29 is 13.9 Å². The van der Waals surface area contributed by atoms with E-state index in [1.807, 2.05) is 0 Å². The van der Waals surface area contributed by atoms with Crippen molar-refractivity contribution in [3.8, 4) is 0 Å². The third kappa shape index (κ3) is 1.42. The molecular weight excluding hydrogens is 198 g/mol. The van der Waals surface area contributed by atoms with Gasteiger partial charge in [0.15, 0.2) is 0 Å². The normalized spacial score (nSPS) is 18.8. The van der Waals surface area contributed by atoms with Gasteiger partial charge in [-0.25, -0.2) is 8.78 Å². The number of rotatable bonds is 1. The molecule has 0 atom stereocenters. The van der Waals surface area contributed by atoms with Crippen LogP contribution in [0.2, 0.25) is 5.02 Å². The summed E-state index contributed by atoms with van der Waals surface area (Å²) in [4.78, 5) is 0. The van der Waals surface area contributed by atoms with E-state index in [-0.39, 0.29) is 10.6 Å². The van der Waals surface area contributed by atoms with Crippen molar-refractivity contribution in [2.45, 2.75) is 18.4 Å². The van der Waals surface area contributed by atoms with Crippen LogP contribution in [0.25, 0.3) is 0 Å². The third-order valence-corrected chi connectivity index (χ3v) is 2.52. The van der Waals surface area contributed by atoms with Gasteiger partial charge in [0, 0.05) is 5.56 Å². The molecule has 1 aliphatic rings. The second-order valence-corrected chi connectivity index (χ2v) is 3.68. The molecule has 1 nitrogen and oxygen atoms in total. The molecule has 0 aliphatic heterocycles. The number of aliphatic hydroxyl groups is 1. The monoisotopic (exact) mass is 204 g/mol. The fourth-order valence-electron chi connectivity index (χ4n) is 1.27. The number of hydrogen-bond donors (Lipinski definition) is 1. The predicted octanol–water partition coefficient (Wildman–Crippen LogP) is 2.60. The summed E-state index contributed by atoms with van der Waals surface area (Å²) in [6.45, 7) is 0. The second-order valence-electron chi connectivity index (χ2n) is 3.28. The molecule has 1 aromatic carbocycles. The van der Waals surface area contributed by atoms with E-state index < -0.39 is 17.2 Å². The molecular formula is C9H7ClF2O. The molecule has 0 radical (unpaired) electrons. The Kier molecular flexibility index (Phi) is 1.82. The maximum absolute atomic E-state index is 13.2. The minimum absolute atomic E-state index is 0.00870. The first-order valence-corrected chi connectivity index (χ1v) is 4.28. The first-order valence-electron chi connectivity index (χ1n) is 3.90. The highest BCUT2D eigenvalue weighted by molar-refractivity contribution is 6.30. The van der Waals surface area contributed by atoms with Crippen molar-refractivity contribution in [3.05, 3.63) is 34.4 Å². The van der Waals surface area contributed by atoms with Gasteiger partial charge in [-0.15, -0.1) is 0 Å². The van der Waals surface area contributed by atoms with Gasteiger partial charge < -0.3 is 5.11 Å². The summed E-state index contributed by atoms with van der Waals surface area (Å²) in [6, 6.07) is 1.85. The van der Waals surface area contributed by atoms with Crippen LogP contribution in [-0.2, 0) is 5.60 Å². The van der Waals surface area contributed by atoms with Crippen LogP contribution in [-0.4, -0.2) is 5.11 Å². The Bertz CT molecular complexity index is 361. The van der Waals surface area contributed by atoms with Crippen LogP contribution in [0, 0.1) is 11.6 Å². The summed E-state index contributed by atoms with van der Waals surface area (Å²) in [5.74, 6) is -1.34. The van der Waals surface area contributed by atoms with E-state index in [9.17, 15) is 13.9 Å². The van der Waals surface area contributed by atoms with Crippen molar-refractivity contribution in [1.82, 2.24) is 0 Å². The summed E-state index contributed by atoms with van der Waals surface area (Å²) in [5, 5.41) is 9.29. The van der Waals surface area contributed by atoms with Crippen molar-refractivity contribution in [1.29, 1.82) is 0 Å². The van der Waals surface area contributed by atoms with Crippen molar-refractivity contribution in [3.63, 3.8) is 0 Å². The molecule has 1 aromatic rings. The van der Waals surface area contributed by atoms with Crippen molar-refractivity contribution in [2.75, 3.05) is 0 Å². The van der Waals surface area contributed by atoms with Gasteiger partial charge in [-0.2, -0.15) is 0 Å². The average molecular weight is 205 g/mol. The molecule has 0 heterocycles. The molecule has 0 amide bonds. The van der Waals surface area contributed by atoms with Crippen LogP contribution in [0.15, 0.2) is 12.1 Å². The van der Waals surface area contributed by atoms with Gasteiger partial charge in [-0.3, -0.25) is 0 Å². The molecule has 1 fully saturated rings. The summed E-state index contributed by atoms with van der Waals surface area (Å²) in [7, 11) is 0. The number of benzene rings is 1. The molecule has 1 saturated carbocycles. The zero-order chi connectivity index (χ0) is 9.64. The minimum atomic E-state index is -1.16. The first kappa shape index (κ1) is 8.91. The van der Waals surface area contributed by atoms with Gasteiger partial charge in [0.25, 0.3) is 0 Å². The molecule has 0 unspecified atom stereocenters. The smallest absolute Gasteiger partial charge is 0.142 e. The van der Waals surface area contributed by atoms with Gasteiger partial charge in [-0.1, -0.05) is 11.6 Å². The molecule has 1 aliphatic carbocycles. The summed E-state index contributed by atoms with van der Waals surface area (Å²) < 4.78 is 26.1. The Hall–Kier alpha value is -0.670. The minimum Gasteiger partial charge on any atom is -0.385 e. The van der Waals surface area contributed by atoms with Crippen LogP contribution in [0.4, 0.5) is 8.78 Å².